The Kier molecular flexibility index (Phi) is 5.62. The minimum atomic E-state index is -0.996. The van der Waals surface area contributed by atoms with Crippen LogP contribution in [0.3, 0.4) is 0 Å². The molecule has 1 aromatic heterocycles. The Morgan fingerprint density at radius 3 is 2.67 bits per heavy atom. The van der Waals surface area contributed by atoms with E-state index < -0.39 is 5.60 Å². The number of halogens is 1. The van der Waals surface area contributed by atoms with E-state index in [0.717, 1.165) is 36.9 Å². The summed E-state index contributed by atoms with van der Waals surface area (Å²) in [5.41, 5.74) is 0.564. The molecule has 5 nitrogen and oxygen atoms in total. The normalized spacial score (nSPS) is 26.3. The summed E-state index contributed by atoms with van der Waals surface area (Å²) < 4.78 is 5.28. The predicted molar refractivity (Wildman–Crippen MR) is 93.0 cm³/mol. The number of aliphatic hydroxyl groups is 2. The lowest BCUT2D eigenvalue weighted by molar-refractivity contribution is -0.0261. The molecule has 3 rings (SSSR count). The molecule has 2 heterocycles. The molecular formula is C18H23ClN2O3. The lowest BCUT2D eigenvalue weighted by Crippen LogP contribution is -2.34. The Bertz CT molecular complexity index is 627. The first-order chi connectivity index (χ1) is 11.5. The molecule has 2 aliphatic rings. The molecule has 3 N–H and O–H groups in total. The SMILES string of the molecule is OC1CCC(Nc2cc(Cl)ncc2C#CC2(O)CCOCC2)CC1. The number of aromatic nitrogens is 1. The van der Waals surface area contributed by atoms with Gasteiger partial charge in [0.05, 0.1) is 30.6 Å². The minimum absolute atomic E-state index is 0.189. The maximum absolute atomic E-state index is 10.5. The molecule has 0 atom stereocenters. The van der Waals surface area contributed by atoms with Crippen LogP contribution in [0.1, 0.15) is 44.1 Å². The molecule has 0 aromatic carbocycles. The van der Waals surface area contributed by atoms with Crippen LogP contribution in [0.25, 0.3) is 0 Å². The maximum Gasteiger partial charge on any atom is 0.131 e. The van der Waals surface area contributed by atoms with Crippen LogP contribution >= 0.6 is 11.6 Å². The highest BCUT2D eigenvalue weighted by Crippen LogP contribution is 2.26. The van der Waals surface area contributed by atoms with Crippen LogP contribution in [0.5, 0.6) is 0 Å². The van der Waals surface area contributed by atoms with Crippen LogP contribution in [0, 0.1) is 11.8 Å². The summed E-state index contributed by atoms with van der Waals surface area (Å²) in [6.07, 6.45) is 5.91. The van der Waals surface area contributed by atoms with E-state index in [9.17, 15) is 10.2 Å². The Balaban J connectivity index is 1.76. The van der Waals surface area contributed by atoms with Crippen molar-refractivity contribution in [2.45, 2.75) is 56.3 Å². The fourth-order valence-corrected chi connectivity index (χ4v) is 3.26. The molecule has 24 heavy (non-hydrogen) atoms. The van der Waals surface area contributed by atoms with Gasteiger partial charge in [-0.2, -0.15) is 0 Å². The molecule has 0 unspecified atom stereocenters. The number of aliphatic hydroxyl groups excluding tert-OH is 1. The molecule has 1 aromatic rings. The average Bonchev–Trinajstić information content (AvgIpc) is 2.57. The predicted octanol–water partition coefficient (Wildman–Crippen LogP) is 2.34. The molecule has 0 bridgehead atoms. The zero-order valence-corrected chi connectivity index (χ0v) is 14.4. The van der Waals surface area contributed by atoms with Gasteiger partial charge in [0.25, 0.3) is 0 Å². The number of nitrogens with zero attached hydrogens (tertiary/aromatic N) is 1. The summed E-state index contributed by atoms with van der Waals surface area (Å²) >= 11 is 6.03. The third-order valence-electron chi connectivity index (χ3n) is 4.68. The Morgan fingerprint density at radius 1 is 1.25 bits per heavy atom. The highest BCUT2D eigenvalue weighted by Gasteiger charge is 2.27. The first-order valence-electron chi connectivity index (χ1n) is 8.47. The number of nitrogens with one attached hydrogen (secondary N) is 1. The van der Waals surface area contributed by atoms with Gasteiger partial charge in [-0.1, -0.05) is 23.4 Å². The van der Waals surface area contributed by atoms with Gasteiger partial charge in [0.2, 0.25) is 0 Å². The van der Waals surface area contributed by atoms with Gasteiger partial charge in [-0.15, -0.1) is 0 Å². The lowest BCUT2D eigenvalue weighted by atomic mass is 9.92. The van der Waals surface area contributed by atoms with Gasteiger partial charge in [0, 0.05) is 25.1 Å². The molecule has 130 valence electrons. The standard InChI is InChI=1S/C18H23ClN2O3/c19-17-11-16(21-14-1-3-15(22)4-2-14)13(12-20-17)5-6-18(23)7-9-24-10-8-18/h11-12,14-15,22-23H,1-4,7-10H2,(H,20,21). The van der Waals surface area contributed by atoms with Crippen LogP contribution in [-0.2, 0) is 4.74 Å². The molecule has 1 aliphatic heterocycles. The highest BCUT2D eigenvalue weighted by atomic mass is 35.5. The molecule has 6 heteroatoms. The summed E-state index contributed by atoms with van der Waals surface area (Å²) in [4.78, 5) is 4.11. The molecule has 1 aliphatic carbocycles. The van der Waals surface area contributed by atoms with Crippen molar-refractivity contribution in [3.05, 3.63) is 23.0 Å². The number of pyridine rings is 1. The molecule has 0 amide bonds. The zero-order chi connectivity index (χ0) is 17.0. The van der Waals surface area contributed by atoms with Crippen LogP contribution in [0.15, 0.2) is 12.3 Å². The number of hydrogen-bond donors (Lipinski definition) is 3. The van der Waals surface area contributed by atoms with Crippen molar-refractivity contribution >= 4 is 17.3 Å². The third-order valence-corrected chi connectivity index (χ3v) is 4.88. The smallest absolute Gasteiger partial charge is 0.131 e. The Morgan fingerprint density at radius 2 is 1.96 bits per heavy atom. The van der Waals surface area contributed by atoms with Gasteiger partial charge in [-0.25, -0.2) is 4.98 Å². The van der Waals surface area contributed by atoms with E-state index in [1.807, 2.05) is 0 Å². The first-order valence-corrected chi connectivity index (χ1v) is 8.85. The van der Waals surface area contributed by atoms with Crippen molar-refractivity contribution in [2.75, 3.05) is 18.5 Å². The molecular weight excluding hydrogens is 328 g/mol. The second-order valence-electron chi connectivity index (χ2n) is 6.60. The zero-order valence-electron chi connectivity index (χ0n) is 13.6. The quantitative estimate of drug-likeness (QED) is 0.564. The average molecular weight is 351 g/mol. The number of rotatable bonds is 2. The molecule has 2 fully saturated rings. The molecule has 0 spiro atoms. The van der Waals surface area contributed by atoms with E-state index in [4.69, 9.17) is 16.3 Å². The fourth-order valence-electron chi connectivity index (χ4n) is 3.11. The van der Waals surface area contributed by atoms with Gasteiger partial charge in [-0.05, 0) is 31.7 Å². The van der Waals surface area contributed by atoms with Crippen molar-refractivity contribution in [2.24, 2.45) is 0 Å². The van der Waals surface area contributed by atoms with Crippen molar-refractivity contribution in [3.8, 4) is 11.8 Å². The molecule has 1 saturated carbocycles. The van der Waals surface area contributed by atoms with Gasteiger partial charge >= 0.3 is 0 Å². The Hall–Kier alpha value is -1.32. The number of anilines is 1. The van der Waals surface area contributed by atoms with Crippen molar-refractivity contribution in [3.63, 3.8) is 0 Å². The van der Waals surface area contributed by atoms with Gasteiger partial charge in [0.1, 0.15) is 10.8 Å². The maximum atomic E-state index is 10.5. The monoisotopic (exact) mass is 350 g/mol. The summed E-state index contributed by atoms with van der Waals surface area (Å²) in [6.45, 7) is 1.05. The summed E-state index contributed by atoms with van der Waals surface area (Å²) in [5, 5.41) is 24.0. The largest absolute Gasteiger partial charge is 0.393 e. The van der Waals surface area contributed by atoms with Crippen LogP contribution in [0.2, 0.25) is 5.15 Å². The van der Waals surface area contributed by atoms with E-state index in [2.05, 4.69) is 22.1 Å². The van der Waals surface area contributed by atoms with Crippen molar-refractivity contribution in [1.29, 1.82) is 0 Å². The highest BCUT2D eigenvalue weighted by molar-refractivity contribution is 6.29. The first kappa shape index (κ1) is 17.5. The van der Waals surface area contributed by atoms with Gasteiger partial charge in [-0.3, -0.25) is 0 Å². The van der Waals surface area contributed by atoms with E-state index in [1.165, 1.54) is 0 Å². The summed E-state index contributed by atoms with van der Waals surface area (Å²) in [5.74, 6) is 6.04. The van der Waals surface area contributed by atoms with Crippen molar-refractivity contribution < 1.29 is 14.9 Å². The van der Waals surface area contributed by atoms with Crippen molar-refractivity contribution in [1.82, 2.24) is 4.98 Å². The lowest BCUT2D eigenvalue weighted by Gasteiger charge is -2.28. The van der Waals surface area contributed by atoms with E-state index >= 15 is 0 Å². The van der Waals surface area contributed by atoms with Gasteiger partial charge < -0.3 is 20.3 Å². The van der Waals surface area contributed by atoms with E-state index in [-0.39, 0.29) is 6.10 Å². The van der Waals surface area contributed by atoms with Crippen LogP contribution in [-0.4, -0.2) is 46.2 Å². The second-order valence-corrected chi connectivity index (χ2v) is 6.98. The fraction of sp³-hybridized carbons (Fsp3) is 0.611. The third kappa shape index (κ3) is 4.61. The summed E-state index contributed by atoms with van der Waals surface area (Å²) in [6, 6.07) is 2.06. The number of hydrogen-bond acceptors (Lipinski definition) is 5. The second kappa shape index (κ2) is 7.71. The van der Waals surface area contributed by atoms with Gasteiger partial charge in [0.15, 0.2) is 0 Å². The molecule has 1 saturated heterocycles. The number of ether oxygens (including phenoxy) is 1. The molecule has 0 radical (unpaired) electrons. The van der Waals surface area contributed by atoms with E-state index in [0.29, 0.717) is 37.3 Å². The topological polar surface area (TPSA) is 74.6 Å². The summed E-state index contributed by atoms with van der Waals surface area (Å²) in [7, 11) is 0. The van der Waals surface area contributed by atoms with E-state index in [1.54, 1.807) is 12.3 Å². The Labute approximate surface area is 147 Å². The minimum Gasteiger partial charge on any atom is -0.393 e. The van der Waals surface area contributed by atoms with Crippen LogP contribution in [0.4, 0.5) is 5.69 Å². The van der Waals surface area contributed by atoms with Crippen LogP contribution < -0.4 is 5.32 Å².